The molecule has 4 heteroatoms. The Labute approximate surface area is 94.4 Å². The van der Waals surface area contributed by atoms with Crippen LogP contribution in [0.15, 0.2) is 4.52 Å². The molecule has 0 amide bonds. The Bertz CT molecular complexity index is 438. The van der Waals surface area contributed by atoms with Crippen LogP contribution < -0.4 is 0 Å². The Kier molecular flexibility index (Phi) is 1.53. The molecule has 3 fully saturated rings. The van der Waals surface area contributed by atoms with Crippen molar-refractivity contribution in [1.29, 1.82) is 0 Å². The summed E-state index contributed by atoms with van der Waals surface area (Å²) in [5, 5.41) is 4.20. The molecule has 1 aromatic heterocycles. The van der Waals surface area contributed by atoms with Crippen molar-refractivity contribution in [3.8, 4) is 0 Å². The molecule has 3 aliphatic carbocycles. The van der Waals surface area contributed by atoms with Crippen LogP contribution in [0.3, 0.4) is 0 Å². The molecule has 0 spiro atoms. The van der Waals surface area contributed by atoms with Crippen LogP contribution in [-0.4, -0.2) is 17.3 Å². The molecular formula is C12H16N2O2. The highest BCUT2D eigenvalue weighted by Crippen LogP contribution is 2.63. The molecule has 0 saturated heterocycles. The lowest BCUT2D eigenvalue weighted by Crippen LogP contribution is -2.11. The Morgan fingerprint density at radius 3 is 2.81 bits per heavy atom. The van der Waals surface area contributed by atoms with Crippen molar-refractivity contribution in [3.05, 3.63) is 11.7 Å². The van der Waals surface area contributed by atoms with Crippen LogP contribution in [-0.2, 0) is 15.8 Å². The van der Waals surface area contributed by atoms with Gasteiger partial charge in [0.1, 0.15) is 5.60 Å². The van der Waals surface area contributed by atoms with Gasteiger partial charge in [0, 0.05) is 12.5 Å². The summed E-state index contributed by atoms with van der Waals surface area (Å²) in [5.41, 5.74) is 0.0659. The van der Waals surface area contributed by atoms with Gasteiger partial charge >= 0.3 is 0 Å². The van der Waals surface area contributed by atoms with E-state index in [1.165, 1.54) is 25.7 Å². The summed E-state index contributed by atoms with van der Waals surface area (Å²) in [5.74, 6) is 2.49. The second kappa shape index (κ2) is 2.67. The maximum atomic E-state index is 5.46. The molecule has 0 N–H and O–H groups in total. The molecule has 4 rings (SSSR count). The van der Waals surface area contributed by atoms with Crippen LogP contribution >= 0.6 is 0 Å². The van der Waals surface area contributed by atoms with Crippen molar-refractivity contribution < 1.29 is 9.26 Å². The molecule has 86 valence electrons. The van der Waals surface area contributed by atoms with Gasteiger partial charge in [0.25, 0.3) is 5.89 Å². The molecule has 3 aliphatic rings. The Balaban J connectivity index is 1.67. The minimum atomic E-state index is -0.231. The molecule has 0 aromatic carbocycles. The molecule has 2 unspecified atom stereocenters. The Morgan fingerprint density at radius 1 is 1.38 bits per heavy atom. The van der Waals surface area contributed by atoms with E-state index in [4.69, 9.17) is 9.26 Å². The zero-order valence-electron chi connectivity index (χ0n) is 9.53. The molecule has 3 saturated carbocycles. The maximum absolute atomic E-state index is 5.46. The molecule has 1 aromatic rings. The minimum Gasteiger partial charge on any atom is -0.368 e. The van der Waals surface area contributed by atoms with Crippen molar-refractivity contribution in [2.75, 3.05) is 7.11 Å². The molecule has 1 heterocycles. The first-order chi connectivity index (χ1) is 7.79. The normalized spacial score (nSPS) is 38.4. The van der Waals surface area contributed by atoms with E-state index >= 15 is 0 Å². The summed E-state index contributed by atoms with van der Waals surface area (Å²) in [6, 6.07) is 0. The third-order valence-electron chi connectivity index (χ3n) is 4.76. The summed E-state index contributed by atoms with van der Waals surface area (Å²) in [6.45, 7) is 0. The molecule has 2 atom stereocenters. The van der Waals surface area contributed by atoms with Gasteiger partial charge in [-0.15, -0.1) is 0 Å². The van der Waals surface area contributed by atoms with Gasteiger partial charge in [-0.1, -0.05) is 11.6 Å². The number of hydrogen-bond donors (Lipinski definition) is 0. The van der Waals surface area contributed by atoms with Gasteiger partial charge in [-0.25, -0.2) is 0 Å². The van der Waals surface area contributed by atoms with Crippen LogP contribution in [0, 0.1) is 5.92 Å². The van der Waals surface area contributed by atoms with Crippen LogP contribution in [0.1, 0.15) is 50.2 Å². The highest BCUT2D eigenvalue weighted by molar-refractivity contribution is 5.25. The predicted molar refractivity (Wildman–Crippen MR) is 55.9 cm³/mol. The number of aromatic nitrogens is 2. The smallest absolute Gasteiger partial charge is 0.258 e. The average molecular weight is 220 g/mol. The van der Waals surface area contributed by atoms with Gasteiger partial charge in [0.05, 0.1) is 0 Å². The lowest BCUT2D eigenvalue weighted by molar-refractivity contribution is 0.0492. The van der Waals surface area contributed by atoms with Crippen LogP contribution in [0.25, 0.3) is 0 Å². The molecule has 0 bridgehead atoms. The van der Waals surface area contributed by atoms with Gasteiger partial charge in [-0.05, 0) is 38.0 Å². The van der Waals surface area contributed by atoms with E-state index < -0.39 is 0 Å². The van der Waals surface area contributed by atoms with Crippen molar-refractivity contribution >= 4 is 0 Å². The number of nitrogens with zero attached hydrogens (tertiary/aromatic N) is 2. The number of hydrogen-bond acceptors (Lipinski definition) is 4. The quantitative estimate of drug-likeness (QED) is 0.783. The zero-order chi connectivity index (χ0) is 10.8. The van der Waals surface area contributed by atoms with Gasteiger partial charge < -0.3 is 9.26 Å². The summed E-state index contributed by atoms with van der Waals surface area (Å²) in [4.78, 5) is 4.61. The minimum absolute atomic E-state index is 0.231. The lowest BCUT2D eigenvalue weighted by atomic mass is 10.0. The van der Waals surface area contributed by atoms with Gasteiger partial charge in [0.2, 0.25) is 0 Å². The number of rotatable bonds is 3. The Hall–Kier alpha value is -0.900. The molecule has 0 aliphatic heterocycles. The second-order valence-electron chi connectivity index (χ2n) is 5.57. The maximum Gasteiger partial charge on any atom is 0.258 e. The van der Waals surface area contributed by atoms with E-state index in [1.54, 1.807) is 7.11 Å². The molecule has 4 nitrogen and oxygen atoms in total. The lowest BCUT2D eigenvalue weighted by Gasteiger charge is -2.06. The van der Waals surface area contributed by atoms with Crippen molar-refractivity contribution in [2.24, 2.45) is 5.92 Å². The summed E-state index contributed by atoms with van der Waals surface area (Å²) >= 11 is 0. The third-order valence-corrected chi connectivity index (χ3v) is 4.76. The summed E-state index contributed by atoms with van der Waals surface area (Å²) in [7, 11) is 1.73. The fourth-order valence-electron chi connectivity index (χ4n) is 3.34. The van der Waals surface area contributed by atoms with Crippen molar-refractivity contribution in [2.45, 2.75) is 49.5 Å². The summed E-state index contributed by atoms with van der Waals surface area (Å²) < 4.78 is 10.9. The highest BCUT2D eigenvalue weighted by Gasteiger charge is 2.61. The average Bonchev–Trinajstić information content (AvgIpc) is 3.15. The summed E-state index contributed by atoms with van der Waals surface area (Å²) in [6.07, 6.45) is 7.22. The van der Waals surface area contributed by atoms with Crippen LogP contribution in [0.2, 0.25) is 0 Å². The predicted octanol–water partition coefficient (Wildman–Crippen LogP) is 2.15. The van der Waals surface area contributed by atoms with E-state index in [-0.39, 0.29) is 5.60 Å². The molecular weight excluding hydrogens is 204 g/mol. The highest BCUT2D eigenvalue weighted by atomic mass is 16.5. The van der Waals surface area contributed by atoms with Crippen LogP contribution in [0.5, 0.6) is 0 Å². The monoisotopic (exact) mass is 220 g/mol. The number of methoxy groups -OCH3 is 1. The van der Waals surface area contributed by atoms with Gasteiger partial charge in [-0.2, -0.15) is 4.98 Å². The number of fused-ring (bicyclic) bond motifs is 1. The van der Waals surface area contributed by atoms with Gasteiger partial charge in [-0.3, -0.25) is 0 Å². The molecule has 0 radical (unpaired) electrons. The first-order valence-corrected chi connectivity index (χ1v) is 6.19. The van der Waals surface area contributed by atoms with Crippen molar-refractivity contribution in [3.63, 3.8) is 0 Å². The fraction of sp³-hybridized carbons (Fsp3) is 0.833. The number of ether oxygens (including phenoxy) is 1. The Morgan fingerprint density at radius 2 is 2.25 bits per heavy atom. The topological polar surface area (TPSA) is 48.2 Å². The largest absolute Gasteiger partial charge is 0.368 e. The SMILES string of the molecule is COC1(c2nc(C34CCCC3C4)no2)CC1. The van der Waals surface area contributed by atoms with E-state index in [0.29, 0.717) is 11.3 Å². The van der Waals surface area contributed by atoms with E-state index in [9.17, 15) is 0 Å². The van der Waals surface area contributed by atoms with Crippen molar-refractivity contribution in [1.82, 2.24) is 10.1 Å². The van der Waals surface area contributed by atoms with E-state index in [2.05, 4.69) is 10.1 Å². The first-order valence-electron chi connectivity index (χ1n) is 6.19. The van der Waals surface area contributed by atoms with E-state index in [0.717, 1.165) is 24.6 Å². The van der Waals surface area contributed by atoms with Crippen LogP contribution in [0.4, 0.5) is 0 Å². The third kappa shape index (κ3) is 0.986. The van der Waals surface area contributed by atoms with Gasteiger partial charge in [0.15, 0.2) is 5.82 Å². The second-order valence-corrected chi connectivity index (χ2v) is 5.57. The zero-order valence-corrected chi connectivity index (χ0v) is 9.53. The van der Waals surface area contributed by atoms with E-state index in [1.807, 2.05) is 0 Å². The first kappa shape index (κ1) is 9.16. The fourth-order valence-corrected chi connectivity index (χ4v) is 3.34. The standard InChI is InChI=1S/C12H16N2O2/c1-15-12(5-6-12)10-13-9(14-16-10)11-4-2-3-8(11)7-11/h8H,2-7H2,1H3. The molecule has 16 heavy (non-hydrogen) atoms.